The van der Waals surface area contributed by atoms with E-state index < -0.39 is 0 Å². The summed E-state index contributed by atoms with van der Waals surface area (Å²) in [7, 11) is 0. The first kappa shape index (κ1) is 13.3. The maximum Gasteiger partial charge on any atom is 0.251 e. The number of rotatable bonds is 3. The Kier molecular flexibility index (Phi) is 3.85. The van der Waals surface area contributed by atoms with Gasteiger partial charge in [-0.05, 0) is 34.9 Å². The summed E-state index contributed by atoms with van der Waals surface area (Å²) in [5.41, 5.74) is 4.03. The highest BCUT2D eigenvalue weighted by Gasteiger charge is 2.14. The van der Waals surface area contributed by atoms with Crippen LogP contribution >= 0.6 is 15.9 Å². The van der Waals surface area contributed by atoms with Gasteiger partial charge in [0.15, 0.2) is 0 Å². The summed E-state index contributed by atoms with van der Waals surface area (Å²) >= 11 is 3.48. The van der Waals surface area contributed by atoms with Crippen molar-refractivity contribution in [3.8, 4) is 0 Å². The van der Waals surface area contributed by atoms with Gasteiger partial charge in [-0.1, -0.05) is 40.2 Å². The molecule has 1 heterocycles. The number of carbonyl (C=O) groups excluding carboxylic acids is 1. The van der Waals surface area contributed by atoms with E-state index in [4.69, 9.17) is 4.74 Å². The predicted molar refractivity (Wildman–Crippen MR) is 80.2 cm³/mol. The van der Waals surface area contributed by atoms with E-state index >= 15 is 0 Å². The minimum Gasteiger partial charge on any atom is -0.372 e. The molecule has 0 spiro atoms. The third-order valence-corrected chi connectivity index (χ3v) is 4.15. The van der Waals surface area contributed by atoms with E-state index in [1.807, 2.05) is 42.5 Å². The first-order valence-corrected chi connectivity index (χ1v) is 7.24. The lowest BCUT2D eigenvalue weighted by molar-refractivity contribution is 0.0950. The molecule has 0 atom stereocenters. The molecule has 2 aromatic rings. The topological polar surface area (TPSA) is 38.3 Å². The molecule has 0 radical (unpaired) electrons. The lowest BCUT2D eigenvalue weighted by atomic mass is 10.1. The summed E-state index contributed by atoms with van der Waals surface area (Å²) in [4.78, 5) is 12.2. The van der Waals surface area contributed by atoms with E-state index in [0.717, 1.165) is 15.6 Å². The van der Waals surface area contributed by atoms with Crippen LogP contribution in [0, 0.1) is 0 Å². The average molecular weight is 332 g/mol. The van der Waals surface area contributed by atoms with Crippen molar-refractivity contribution in [1.29, 1.82) is 0 Å². The smallest absolute Gasteiger partial charge is 0.251 e. The highest BCUT2D eigenvalue weighted by molar-refractivity contribution is 9.10. The molecule has 20 heavy (non-hydrogen) atoms. The van der Waals surface area contributed by atoms with Crippen LogP contribution in [0.2, 0.25) is 0 Å². The molecule has 1 N–H and O–H groups in total. The van der Waals surface area contributed by atoms with Crippen LogP contribution in [0.15, 0.2) is 46.9 Å². The Labute approximate surface area is 126 Å². The second-order valence-corrected chi connectivity index (χ2v) is 5.60. The number of hydrogen-bond acceptors (Lipinski definition) is 2. The summed E-state index contributed by atoms with van der Waals surface area (Å²) in [6.07, 6.45) is 0. The van der Waals surface area contributed by atoms with Gasteiger partial charge in [0.05, 0.1) is 13.2 Å². The summed E-state index contributed by atoms with van der Waals surface area (Å²) < 4.78 is 6.36. The number of carbonyl (C=O) groups is 1. The molecule has 2 aromatic carbocycles. The molecule has 3 rings (SSSR count). The fraction of sp³-hybridized carbons (Fsp3) is 0.188. The van der Waals surface area contributed by atoms with Crippen LogP contribution in [0.3, 0.4) is 0 Å². The van der Waals surface area contributed by atoms with Gasteiger partial charge in [0, 0.05) is 16.6 Å². The van der Waals surface area contributed by atoms with Gasteiger partial charge in [-0.25, -0.2) is 0 Å². The number of fused-ring (bicyclic) bond motifs is 1. The molecule has 4 heteroatoms. The Bertz CT molecular complexity index is 655. The Morgan fingerprint density at radius 3 is 2.80 bits per heavy atom. The average Bonchev–Trinajstić information content (AvgIpc) is 2.93. The number of halogens is 1. The van der Waals surface area contributed by atoms with E-state index in [1.165, 1.54) is 5.56 Å². The van der Waals surface area contributed by atoms with Crippen molar-refractivity contribution in [3.05, 3.63) is 69.2 Å². The molecular weight excluding hydrogens is 318 g/mol. The normalized spacial score (nSPS) is 13.1. The molecule has 0 fully saturated rings. The lowest BCUT2D eigenvalue weighted by Crippen LogP contribution is -2.23. The first-order valence-electron chi connectivity index (χ1n) is 6.45. The Hall–Kier alpha value is -1.65. The van der Waals surface area contributed by atoms with Crippen molar-refractivity contribution in [3.63, 3.8) is 0 Å². The van der Waals surface area contributed by atoms with Crippen molar-refractivity contribution < 1.29 is 9.53 Å². The SMILES string of the molecule is O=C(NCc1ccccc1Br)c1ccc2c(c1)COC2. The molecule has 1 aliphatic heterocycles. The highest BCUT2D eigenvalue weighted by Crippen LogP contribution is 2.21. The summed E-state index contributed by atoms with van der Waals surface area (Å²) in [5, 5.41) is 2.94. The number of nitrogens with one attached hydrogen (secondary N) is 1. The first-order chi connectivity index (χ1) is 9.74. The zero-order valence-electron chi connectivity index (χ0n) is 10.9. The molecule has 0 saturated heterocycles. The fourth-order valence-electron chi connectivity index (χ4n) is 2.23. The fourth-order valence-corrected chi connectivity index (χ4v) is 2.66. The number of amides is 1. The zero-order valence-corrected chi connectivity index (χ0v) is 12.4. The van der Waals surface area contributed by atoms with Crippen LogP contribution in [0.4, 0.5) is 0 Å². The van der Waals surface area contributed by atoms with Gasteiger partial charge < -0.3 is 10.1 Å². The van der Waals surface area contributed by atoms with Crippen molar-refractivity contribution in [2.45, 2.75) is 19.8 Å². The molecule has 0 saturated carbocycles. The standard InChI is InChI=1S/C16H14BrNO2/c17-15-4-2-1-3-12(15)8-18-16(19)11-5-6-13-9-20-10-14(13)7-11/h1-7H,8-10H2,(H,18,19). The highest BCUT2D eigenvalue weighted by atomic mass is 79.9. The minimum absolute atomic E-state index is 0.0598. The van der Waals surface area contributed by atoms with Crippen molar-refractivity contribution >= 4 is 21.8 Å². The number of ether oxygens (including phenoxy) is 1. The quantitative estimate of drug-likeness (QED) is 0.935. The van der Waals surface area contributed by atoms with Gasteiger partial charge in [0.2, 0.25) is 0 Å². The van der Waals surface area contributed by atoms with Gasteiger partial charge in [-0.3, -0.25) is 4.79 Å². The number of hydrogen-bond donors (Lipinski definition) is 1. The lowest BCUT2D eigenvalue weighted by Gasteiger charge is -2.08. The Balaban J connectivity index is 1.69. The van der Waals surface area contributed by atoms with Crippen LogP contribution in [0.1, 0.15) is 27.0 Å². The molecular formula is C16H14BrNO2. The second kappa shape index (κ2) is 5.77. The van der Waals surface area contributed by atoms with Gasteiger partial charge in [0.1, 0.15) is 0 Å². The van der Waals surface area contributed by atoms with Gasteiger partial charge in [-0.2, -0.15) is 0 Å². The number of benzene rings is 2. The van der Waals surface area contributed by atoms with Crippen molar-refractivity contribution in [2.75, 3.05) is 0 Å². The van der Waals surface area contributed by atoms with E-state index in [1.54, 1.807) is 0 Å². The van der Waals surface area contributed by atoms with E-state index in [-0.39, 0.29) is 5.91 Å². The molecule has 1 aliphatic rings. The van der Waals surface area contributed by atoms with E-state index in [0.29, 0.717) is 25.3 Å². The molecule has 0 aliphatic carbocycles. The second-order valence-electron chi connectivity index (χ2n) is 4.75. The minimum atomic E-state index is -0.0598. The van der Waals surface area contributed by atoms with Crippen molar-refractivity contribution in [2.24, 2.45) is 0 Å². The van der Waals surface area contributed by atoms with Crippen LogP contribution in [0.5, 0.6) is 0 Å². The van der Waals surface area contributed by atoms with E-state index in [9.17, 15) is 4.79 Å². The molecule has 1 amide bonds. The van der Waals surface area contributed by atoms with Crippen LogP contribution in [-0.4, -0.2) is 5.91 Å². The molecule has 102 valence electrons. The van der Waals surface area contributed by atoms with Crippen molar-refractivity contribution in [1.82, 2.24) is 5.32 Å². The van der Waals surface area contributed by atoms with Gasteiger partial charge >= 0.3 is 0 Å². The zero-order chi connectivity index (χ0) is 13.9. The molecule has 0 aromatic heterocycles. The summed E-state index contributed by atoms with van der Waals surface area (Å²) in [6, 6.07) is 13.6. The monoisotopic (exact) mass is 331 g/mol. The Morgan fingerprint density at radius 2 is 1.95 bits per heavy atom. The molecule has 0 unspecified atom stereocenters. The summed E-state index contributed by atoms with van der Waals surface area (Å²) in [5.74, 6) is -0.0598. The third kappa shape index (κ3) is 2.76. The maximum atomic E-state index is 12.2. The van der Waals surface area contributed by atoms with Gasteiger partial charge in [0.25, 0.3) is 5.91 Å². The predicted octanol–water partition coefficient (Wildman–Crippen LogP) is 3.41. The maximum absolute atomic E-state index is 12.2. The molecule has 3 nitrogen and oxygen atoms in total. The van der Waals surface area contributed by atoms with Gasteiger partial charge in [-0.15, -0.1) is 0 Å². The largest absolute Gasteiger partial charge is 0.372 e. The Morgan fingerprint density at radius 1 is 1.15 bits per heavy atom. The van der Waals surface area contributed by atoms with E-state index in [2.05, 4.69) is 21.2 Å². The molecule has 0 bridgehead atoms. The van der Waals surface area contributed by atoms with Crippen LogP contribution < -0.4 is 5.32 Å². The summed E-state index contributed by atoms with van der Waals surface area (Å²) in [6.45, 7) is 1.75. The van der Waals surface area contributed by atoms with Crippen LogP contribution in [0.25, 0.3) is 0 Å². The third-order valence-electron chi connectivity index (χ3n) is 3.38. The van der Waals surface area contributed by atoms with Crippen LogP contribution in [-0.2, 0) is 24.5 Å².